The van der Waals surface area contributed by atoms with Crippen LogP contribution in [0.3, 0.4) is 0 Å². The molecule has 0 aromatic heterocycles. The number of nitrogens with zero attached hydrogens (tertiary/aromatic N) is 4. The van der Waals surface area contributed by atoms with Gasteiger partial charge in [-0.3, -0.25) is 29.3 Å². The number of ether oxygens (including phenoxy) is 7. The van der Waals surface area contributed by atoms with Gasteiger partial charge < -0.3 is 52.9 Å². The third-order valence-electron chi connectivity index (χ3n) is 15.0. The van der Waals surface area contributed by atoms with Crippen LogP contribution in [-0.4, -0.2) is 162 Å². The zero-order valence-corrected chi connectivity index (χ0v) is 50.6. The second-order valence-electron chi connectivity index (χ2n) is 21.8. The number of imide groups is 1. The average Bonchev–Trinajstić information content (AvgIpc) is 2.25. The lowest BCUT2D eigenvalue weighted by Gasteiger charge is -2.42. The first-order valence-corrected chi connectivity index (χ1v) is 29.9. The number of fused-ring (bicyclic) bond motifs is 6. The van der Waals surface area contributed by atoms with Gasteiger partial charge in [-0.25, -0.2) is 19.8 Å². The monoisotopic (exact) mass is 1210 g/mol. The Balaban J connectivity index is 0.925. The molecule has 4 bridgehead atoms. The van der Waals surface area contributed by atoms with Crippen LogP contribution < -0.4 is 29.9 Å². The van der Waals surface area contributed by atoms with Gasteiger partial charge in [0, 0.05) is 87.8 Å². The second kappa shape index (κ2) is 27.6. The summed E-state index contributed by atoms with van der Waals surface area (Å²) in [5.41, 5.74) is 2.79. The van der Waals surface area contributed by atoms with Gasteiger partial charge in [-0.1, -0.05) is 63.9 Å². The number of rotatable bonds is 19. The fourth-order valence-corrected chi connectivity index (χ4v) is 12.8. The van der Waals surface area contributed by atoms with E-state index >= 15 is 0 Å². The molecule has 26 heteroatoms. The number of hydrogen-bond acceptors (Lipinski definition) is 20. The number of hydrogen-bond donors (Lipinski definition) is 3. The van der Waals surface area contributed by atoms with Gasteiger partial charge in [0.25, 0.3) is 11.8 Å². The minimum absolute atomic E-state index is 0.0123. The molecule has 0 saturated carbocycles. The summed E-state index contributed by atoms with van der Waals surface area (Å²) in [5, 5.41) is 19.5. The van der Waals surface area contributed by atoms with Crippen molar-refractivity contribution in [1.29, 1.82) is 0 Å². The van der Waals surface area contributed by atoms with E-state index in [1.807, 2.05) is 26.8 Å². The molecular formula is C57H73ClN6O17S2. The van der Waals surface area contributed by atoms with Crippen molar-refractivity contribution in [3.05, 3.63) is 70.3 Å². The highest BCUT2D eigenvalue weighted by Gasteiger charge is 2.64. The van der Waals surface area contributed by atoms with E-state index in [1.54, 1.807) is 63.4 Å². The second-order valence-corrected chi connectivity index (χ2v) is 25.3. The van der Waals surface area contributed by atoms with Crippen molar-refractivity contribution >= 4 is 92.2 Å². The van der Waals surface area contributed by atoms with Crippen molar-refractivity contribution < 1.29 is 81.5 Å². The van der Waals surface area contributed by atoms with Crippen molar-refractivity contribution in [2.24, 2.45) is 11.0 Å². The maximum atomic E-state index is 14.4. The molecule has 23 nitrogen and oxygen atoms in total. The Morgan fingerprint density at radius 1 is 1.06 bits per heavy atom. The van der Waals surface area contributed by atoms with Crippen LogP contribution in [0.25, 0.3) is 0 Å². The van der Waals surface area contributed by atoms with Gasteiger partial charge in [0.05, 0.1) is 50.7 Å². The van der Waals surface area contributed by atoms with Gasteiger partial charge in [0.2, 0.25) is 17.7 Å². The Bertz CT molecular complexity index is 2910. The molecule has 0 radical (unpaired) electrons. The number of hydroxylamine groups is 2. The summed E-state index contributed by atoms with van der Waals surface area (Å²) in [6.45, 7) is 11.2. The standard InChI is InChI=1S/C57H73ClN6O17S2/c1-32-13-11-14-43(75-10)57(73)30-42(78-54(72)59-57)33(2)52-56(6,80-52)44(29-49(69)63(8)39-26-35(25-32)27-41(74-9)51(39)58)79-53(71)34(3)62(7)46(66)21-24-82-83-55(4,5)31-45(65)61-60-38-20-23-77-40-28-36(16-17-37(38)40)76-22-12-15-50(70)81-64-47(67)18-19-48(64)68/h11,13-14,16-17,26-28,33-34,42-44,52,73H,12,15,18-25,29-31H2,1-10H3,(H,59,72)(H,61,65)/b14-11+,32-13+,60-38+/t33-,34+,42+,43-,44+,52+,56?,57+/m1/s1. The number of likely N-dealkylation sites (N-methyl/N-ethyl adjacent to an activating group) is 1. The number of alkyl carbamates (subject to hydrolysis) is 1. The van der Waals surface area contributed by atoms with Gasteiger partial charge in [-0.05, 0) is 77.3 Å². The van der Waals surface area contributed by atoms with Crippen molar-refractivity contribution in [2.45, 2.75) is 152 Å². The van der Waals surface area contributed by atoms with Crippen molar-refractivity contribution in [3.8, 4) is 17.2 Å². The van der Waals surface area contributed by atoms with Crippen LogP contribution in [0.5, 0.6) is 17.2 Å². The summed E-state index contributed by atoms with van der Waals surface area (Å²) in [6, 6.07) is 7.61. The number of anilines is 1. The van der Waals surface area contributed by atoms with E-state index < -0.39 is 88.2 Å². The number of hydrazone groups is 1. The molecular weight excluding hydrogens is 1140 g/mol. The average molecular weight is 1210 g/mol. The van der Waals surface area contributed by atoms with E-state index in [1.165, 1.54) is 59.6 Å². The van der Waals surface area contributed by atoms with Gasteiger partial charge in [-0.2, -0.15) is 5.10 Å². The Morgan fingerprint density at radius 3 is 2.51 bits per heavy atom. The van der Waals surface area contributed by atoms with Gasteiger partial charge >= 0.3 is 18.0 Å². The van der Waals surface area contributed by atoms with Crippen molar-refractivity contribution in [1.82, 2.24) is 20.7 Å². The van der Waals surface area contributed by atoms with Crippen LogP contribution in [0.4, 0.5) is 10.5 Å². The summed E-state index contributed by atoms with van der Waals surface area (Å²) in [5.74, 6) is -2.69. The highest BCUT2D eigenvalue weighted by atomic mass is 35.5. The summed E-state index contributed by atoms with van der Waals surface area (Å²) >= 11 is 6.84. The minimum Gasteiger partial charge on any atom is -0.495 e. The van der Waals surface area contributed by atoms with Gasteiger partial charge in [-0.15, -0.1) is 5.06 Å². The molecule has 2 aromatic rings. The van der Waals surface area contributed by atoms with Crippen LogP contribution in [0, 0.1) is 5.92 Å². The lowest BCUT2D eigenvalue weighted by atomic mass is 9.83. The first kappa shape index (κ1) is 64.2. The van der Waals surface area contributed by atoms with Crippen LogP contribution in [0.15, 0.2) is 59.2 Å². The molecule has 8 atom stereocenters. The highest BCUT2D eigenvalue weighted by Crippen LogP contribution is 2.49. The summed E-state index contributed by atoms with van der Waals surface area (Å²) < 4.78 is 40.6. The molecule has 1 unspecified atom stereocenters. The number of esters is 1. The Labute approximate surface area is 495 Å². The number of amides is 6. The maximum Gasteiger partial charge on any atom is 0.409 e. The van der Waals surface area contributed by atoms with E-state index in [4.69, 9.17) is 49.6 Å². The predicted molar refractivity (Wildman–Crippen MR) is 307 cm³/mol. The third kappa shape index (κ3) is 16.1. The molecule has 2 aromatic carbocycles. The first-order valence-electron chi connectivity index (χ1n) is 27.2. The fraction of sp³-hybridized carbons (Fsp3) is 0.561. The predicted octanol–water partition coefficient (Wildman–Crippen LogP) is 6.52. The third-order valence-corrected chi connectivity index (χ3v) is 18.6. The van der Waals surface area contributed by atoms with Crippen LogP contribution in [0.2, 0.25) is 5.02 Å². The van der Waals surface area contributed by atoms with Crippen molar-refractivity contribution in [2.75, 3.05) is 52.2 Å². The van der Waals surface area contributed by atoms with E-state index in [0.717, 1.165) is 11.1 Å². The molecule has 5 aliphatic rings. The number of carbonyl (C=O) groups is 8. The first-order chi connectivity index (χ1) is 39.3. The molecule has 3 fully saturated rings. The van der Waals surface area contributed by atoms with Gasteiger partial charge in [0.15, 0.2) is 5.72 Å². The molecule has 0 aliphatic carbocycles. The highest BCUT2D eigenvalue weighted by molar-refractivity contribution is 8.77. The topological polar surface area (TPSA) is 280 Å². The van der Waals surface area contributed by atoms with E-state index in [0.29, 0.717) is 64.5 Å². The number of methoxy groups -OCH3 is 2. The number of aliphatic hydroxyl groups is 1. The van der Waals surface area contributed by atoms with Gasteiger partial charge in [0.1, 0.15) is 52.2 Å². The fourth-order valence-electron chi connectivity index (χ4n) is 9.98. The number of halogens is 1. The SMILES string of the molecule is COc1cc2cc(c1Cl)N(C)C(=O)C[C@H](OC(=O)[C@H](C)N(C)C(=O)CCSSC(C)(C)CC(=O)N/N=C1\CCOc3cc(OCCCC(=O)ON4C(=O)CCC4=O)ccc31)C1(C)O[C@H]1[C@H](C)[C@@H]1C[C@@](O)(NC(=O)O1)[C@H](OC)/C=C/C=C(\C)C2. The summed E-state index contributed by atoms with van der Waals surface area (Å²) in [6.07, 6.45) is 1.25. The summed E-state index contributed by atoms with van der Waals surface area (Å²) in [4.78, 5) is 112. The lowest BCUT2D eigenvalue weighted by Crippen LogP contribution is -2.63. The van der Waals surface area contributed by atoms with Crippen molar-refractivity contribution in [3.63, 3.8) is 0 Å². The largest absolute Gasteiger partial charge is 0.495 e. The molecule has 0 spiro atoms. The molecule has 3 saturated heterocycles. The number of benzene rings is 2. The van der Waals surface area contributed by atoms with Crippen LogP contribution >= 0.6 is 33.2 Å². The van der Waals surface area contributed by atoms with E-state index in [2.05, 4.69) is 15.8 Å². The molecule has 5 heterocycles. The molecule has 452 valence electrons. The number of allylic oxidation sites excluding steroid dienone is 3. The zero-order chi connectivity index (χ0) is 60.6. The zero-order valence-electron chi connectivity index (χ0n) is 48.2. The Morgan fingerprint density at radius 2 is 1.80 bits per heavy atom. The molecule has 3 N–H and O–H groups in total. The Kier molecular flexibility index (Phi) is 21.3. The Hall–Kier alpha value is -6.38. The molecule has 7 rings (SSSR count). The number of nitrogens with one attached hydrogen (secondary N) is 2. The van der Waals surface area contributed by atoms with Crippen LogP contribution in [-0.2, 0) is 63.8 Å². The normalized spacial score (nSPS) is 26.4. The number of carbonyl (C=O) groups excluding carboxylic acids is 8. The number of epoxide rings is 1. The molecule has 5 aliphatic heterocycles. The quantitative estimate of drug-likeness (QED) is 0.0337. The summed E-state index contributed by atoms with van der Waals surface area (Å²) in [7, 11) is 8.76. The van der Waals surface area contributed by atoms with Crippen LogP contribution in [0.1, 0.15) is 110 Å². The molecule has 83 heavy (non-hydrogen) atoms. The maximum absolute atomic E-state index is 14.4. The van der Waals surface area contributed by atoms with E-state index in [-0.39, 0.29) is 74.8 Å². The lowest BCUT2D eigenvalue weighted by molar-refractivity contribution is -0.197. The smallest absolute Gasteiger partial charge is 0.409 e. The minimum atomic E-state index is -1.88. The van der Waals surface area contributed by atoms with E-state index in [9.17, 15) is 43.5 Å². The molecule has 6 amide bonds.